The van der Waals surface area contributed by atoms with Gasteiger partial charge in [-0.05, 0) is 6.92 Å². The molecule has 76 valence electrons. The van der Waals surface area contributed by atoms with E-state index in [0.29, 0.717) is 6.61 Å². The second kappa shape index (κ2) is 3.51. The predicted molar refractivity (Wildman–Crippen MR) is 41.8 cm³/mol. The first-order valence-electron chi connectivity index (χ1n) is 4.45. The normalized spacial score (nSPS) is 51.5. The smallest absolute Gasteiger partial charge is 0.157 e. The number of ether oxygens (including phenoxy) is 3. The largest absolute Gasteiger partial charge is 0.390 e. The Morgan fingerprint density at radius 3 is 2.77 bits per heavy atom. The van der Waals surface area contributed by atoms with E-state index < -0.39 is 12.4 Å². The molecule has 2 aliphatic heterocycles. The summed E-state index contributed by atoms with van der Waals surface area (Å²) in [6, 6.07) is 0. The highest BCUT2D eigenvalue weighted by molar-refractivity contribution is 4.85. The summed E-state index contributed by atoms with van der Waals surface area (Å²) in [4.78, 5) is 0. The molecule has 0 aromatic carbocycles. The first-order chi connectivity index (χ1) is 6.16. The Hall–Kier alpha value is -0.200. The van der Waals surface area contributed by atoms with Gasteiger partial charge in [-0.2, -0.15) is 0 Å². The molecule has 5 atom stereocenters. The topological polar surface area (TPSA) is 68.2 Å². The molecule has 0 spiro atoms. The summed E-state index contributed by atoms with van der Waals surface area (Å²) in [5.41, 5.74) is 0. The maximum Gasteiger partial charge on any atom is 0.157 e. The van der Waals surface area contributed by atoms with Gasteiger partial charge in [0, 0.05) is 6.42 Å². The van der Waals surface area contributed by atoms with E-state index in [1.165, 1.54) is 0 Å². The molecular weight excluding hydrogens is 176 g/mol. The van der Waals surface area contributed by atoms with Gasteiger partial charge in [-0.1, -0.05) is 0 Å². The Bertz CT molecular complexity index is 185. The van der Waals surface area contributed by atoms with Gasteiger partial charge in [-0.3, -0.25) is 0 Å². The van der Waals surface area contributed by atoms with Gasteiger partial charge in [-0.15, -0.1) is 0 Å². The molecule has 0 amide bonds. The minimum Gasteiger partial charge on any atom is -0.390 e. The van der Waals surface area contributed by atoms with E-state index in [2.05, 4.69) is 0 Å². The molecule has 2 N–H and O–H groups in total. The maximum absolute atomic E-state index is 9.57. The van der Waals surface area contributed by atoms with Crippen molar-refractivity contribution in [3.05, 3.63) is 0 Å². The standard InChI is InChI=1S/C8H14O5/c1-4-11-3-6-8(12-4)5(9)2-7(10)13-6/h4-10H,2-3H2,1H3/t4?,5?,6-,7+,8+/m1/s1. The van der Waals surface area contributed by atoms with Crippen LogP contribution in [0.1, 0.15) is 13.3 Å². The molecule has 2 fully saturated rings. The van der Waals surface area contributed by atoms with Crippen molar-refractivity contribution in [1.82, 2.24) is 0 Å². The van der Waals surface area contributed by atoms with Gasteiger partial charge < -0.3 is 24.4 Å². The fraction of sp³-hybridized carbons (Fsp3) is 1.00. The Morgan fingerprint density at radius 1 is 1.23 bits per heavy atom. The molecule has 0 aromatic heterocycles. The minimum absolute atomic E-state index is 0.202. The van der Waals surface area contributed by atoms with E-state index in [0.717, 1.165) is 0 Å². The predicted octanol–water partition coefficient (Wildman–Crippen LogP) is -0.784. The van der Waals surface area contributed by atoms with E-state index in [1.807, 2.05) is 0 Å². The van der Waals surface area contributed by atoms with Crippen LogP contribution >= 0.6 is 0 Å². The summed E-state index contributed by atoms with van der Waals surface area (Å²) in [6.45, 7) is 2.13. The summed E-state index contributed by atoms with van der Waals surface area (Å²) in [5, 5.41) is 18.8. The zero-order valence-electron chi connectivity index (χ0n) is 7.42. The van der Waals surface area contributed by atoms with Gasteiger partial charge >= 0.3 is 0 Å². The van der Waals surface area contributed by atoms with Crippen LogP contribution in [0.15, 0.2) is 0 Å². The zero-order chi connectivity index (χ0) is 9.42. The van der Waals surface area contributed by atoms with Gasteiger partial charge in [0.05, 0.1) is 12.7 Å². The molecule has 0 bridgehead atoms. The van der Waals surface area contributed by atoms with Crippen LogP contribution in [0.4, 0.5) is 0 Å². The molecule has 13 heavy (non-hydrogen) atoms. The van der Waals surface area contributed by atoms with E-state index in [-0.39, 0.29) is 24.9 Å². The third-order valence-corrected chi connectivity index (χ3v) is 2.36. The molecule has 2 aliphatic rings. The molecule has 0 aromatic rings. The fourth-order valence-electron chi connectivity index (χ4n) is 1.73. The number of rotatable bonds is 0. The first-order valence-corrected chi connectivity index (χ1v) is 4.45. The molecule has 2 saturated heterocycles. The van der Waals surface area contributed by atoms with Crippen molar-refractivity contribution in [3.63, 3.8) is 0 Å². The molecule has 5 nitrogen and oxygen atoms in total. The molecule has 0 saturated carbocycles. The molecule has 2 heterocycles. The summed E-state index contributed by atoms with van der Waals surface area (Å²) < 4.78 is 15.7. The monoisotopic (exact) mass is 190 g/mol. The minimum atomic E-state index is -0.906. The van der Waals surface area contributed by atoms with Crippen LogP contribution in [-0.4, -0.2) is 47.7 Å². The Labute approximate surface area is 76.2 Å². The molecule has 2 unspecified atom stereocenters. The van der Waals surface area contributed by atoms with Crippen LogP contribution in [-0.2, 0) is 14.2 Å². The molecular formula is C8H14O5. The van der Waals surface area contributed by atoms with Crippen molar-refractivity contribution >= 4 is 0 Å². The highest BCUT2D eigenvalue weighted by atomic mass is 16.7. The van der Waals surface area contributed by atoms with Gasteiger partial charge in [0.2, 0.25) is 0 Å². The zero-order valence-corrected chi connectivity index (χ0v) is 7.42. The number of fused-ring (bicyclic) bond motifs is 1. The molecule has 0 radical (unpaired) electrons. The Balaban J connectivity index is 2.02. The fourth-order valence-corrected chi connectivity index (χ4v) is 1.73. The van der Waals surface area contributed by atoms with Gasteiger partial charge in [0.25, 0.3) is 0 Å². The van der Waals surface area contributed by atoms with E-state index in [9.17, 15) is 10.2 Å². The van der Waals surface area contributed by atoms with Crippen LogP contribution in [0, 0.1) is 0 Å². The average Bonchev–Trinajstić information content (AvgIpc) is 2.06. The van der Waals surface area contributed by atoms with Crippen LogP contribution in [0.2, 0.25) is 0 Å². The quantitative estimate of drug-likeness (QED) is 0.524. The van der Waals surface area contributed by atoms with E-state index >= 15 is 0 Å². The number of hydrogen-bond acceptors (Lipinski definition) is 5. The molecule has 2 rings (SSSR count). The van der Waals surface area contributed by atoms with Crippen molar-refractivity contribution < 1.29 is 24.4 Å². The van der Waals surface area contributed by atoms with Crippen molar-refractivity contribution in [2.75, 3.05) is 6.61 Å². The lowest BCUT2D eigenvalue weighted by Gasteiger charge is -2.42. The van der Waals surface area contributed by atoms with Crippen LogP contribution < -0.4 is 0 Å². The summed E-state index contributed by atoms with van der Waals surface area (Å²) in [6.07, 6.45) is -2.40. The highest BCUT2D eigenvalue weighted by Crippen LogP contribution is 2.26. The van der Waals surface area contributed by atoms with Crippen molar-refractivity contribution in [1.29, 1.82) is 0 Å². The highest BCUT2D eigenvalue weighted by Gasteiger charge is 2.41. The third-order valence-electron chi connectivity index (χ3n) is 2.36. The number of aliphatic hydroxyl groups excluding tert-OH is 2. The third kappa shape index (κ3) is 1.84. The second-order valence-electron chi connectivity index (χ2n) is 3.43. The summed E-state index contributed by atoms with van der Waals surface area (Å²) in [5.74, 6) is 0. The summed E-state index contributed by atoms with van der Waals surface area (Å²) in [7, 11) is 0. The lowest BCUT2D eigenvalue weighted by Crippen LogP contribution is -2.55. The van der Waals surface area contributed by atoms with Crippen molar-refractivity contribution in [3.8, 4) is 0 Å². The van der Waals surface area contributed by atoms with E-state index in [1.54, 1.807) is 6.92 Å². The molecule has 0 aliphatic carbocycles. The lowest BCUT2D eigenvalue weighted by atomic mass is 10.0. The Morgan fingerprint density at radius 2 is 2.00 bits per heavy atom. The lowest BCUT2D eigenvalue weighted by molar-refractivity contribution is -0.324. The molecule has 5 heteroatoms. The maximum atomic E-state index is 9.57. The SMILES string of the molecule is CC1OC[C@H]2O[C@H](O)CC(O)[C@@H]2O1. The first kappa shape index (κ1) is 9.36. The van der Waals surface area contributed by atoms with Crippen LogP contribution in [0.25, 0.3) is 0 Å². The van der Waals surface area contributed by atoms with Crippen LogP contribution in [0.5, 0.6) is 0 Å². The number of aliphatic hydroxyl groups is 2. The van der Waals surface area contributed by atoms with Gasteiger partial charge in [0.15, 0.2) is 12.6 Å². The summed E-state index contributed by atoms with van der Waals surface area (Å²) >= 11 is 0. The van der Waals surface area contributed by atoms with Gasteiger partial charge in [-0.25, -0.2) is 0 Å². The second-order valence-corrected chi connectivity index (χ2v) is 3.43. The van der Waals surface area contributed by atoms with Crippen molar-refractivity contribution in [2.45, 2.75) is 44.2 Å². The van der Waals surface area contributed by atoms with E-state index in [4.69, 9.17) is 14.2 Å². The van der Waals surface area contributed by atoms with Crippen LogP contribution in [0.3, 0.4) is 0 Å². The number of hydrogen-bond donors (Lipinski definition) is 2. The van der Waals surface area contributed by atoms with Crippen molar-refractivity contribution in [2.24, 2.45) is 0 Å². The van der Waals surface area contributed by atoms with Gasteiger partial charge in [0.1, 0.15) is 12.2 Å². The Kier molecular flexibility index (Phi) is 2.53. The average molecular weight is 190 g/mol.